The van der Waals surface area contributed by atoms with E-state index in [-0.39, 0.29) is 0 Å². The van der Waals surface area contributed by atoms with E-state index in [1.165, 1.54) is 15.6 Å². The second-order valence-electron chi connectivity index (χ2n) is 5.20. The second kappa shape index (κ2) is 7.17. The number of hydrogen-bond donors (Lipinski definition) is 0. The standard InChI is InChI=1S/C18H17NO3S2/c1-13-6-3-4-9-17(13)19(24(20)21)15-11-18(23-12-15)14-7-5-8-16(10-14)22-2/h3-12H,1-2H3,(H,20,21)/p-1. The highest BCUT2D eigenvalue weighted by Crippen LogP contribution is 2.37. The summed E-state index contributed by atoms with van der Waals surface area (Å²) >= 11 is -0.902. The number of thiophene rings is 1. The third kappa shape index (κ3) is 3.36. The molecule has 0 N–H and O–H groups in total. The van der Waals surface area contributed by atoms with Gasteiger partial charge in [0, 0.05) is 10.3 Å². The van der Waals surface area contributed by atoms with Gasteiger partial charge in [-0.2, -0.15) is 0 Å². The Labute approximate surface area is 147 Å². The molecule has 0 aliphatic rings. The molecule has 4 nitrogen and oxygen atoms in total. The number of aryl methyl sites for hydroxylation is 1. The number of anilines is 2. The van der Waals surface area contributed by atoms with Crippen molar-refractivity contribution in [1.29, 1.82) is 0 Å². The number of rotatable bonds is 5. The van der Waals surface area contributed by atoms with Crippen molar-refractivity contribution in [1.82, 2.24) is 0 Å². The van der Waals surface area contributed by atoms with Crippen LogP contribution in [0.3, 0.4) is 0 Å². The molecule has 0 bridgehead atoms. The predicted octanol–water partition coefficient (Wildman–Crippen LogP) is 4.66. The number of benzene rings is 2. The first-order valence-electron chi connectivity index (χ1n) is 7.28. The minimum atomic E-state index is -2.40. The molecule has 1 aromatic heterocycles. The lowest BCUT2D eigenvalue weighted by molar-refractivity contribution is 0.415. The minimum Gasteiger partial charge on any atom is -0.755 e. The molecule has 6 heteroatoms. The zero-order valence-corrected chi connectivity index (χ0v) is 14.9. The van der Waals surface area contributed by atoms with Crippen LogP contribution in [0.1, 0.15) is 5.56 Å². The van der Waals surface area contributed by atoms with Gasteiger partial charge in [0.25, 0.3) is 0 Å². The fraction of sp³-hybridized carbons (Fsp3) is 0.111. The Bertz CT molecular complexity index is 876. The van der Waals surface area contributed by atoms with Gasteiger partial charge in [-0.15, -0.1) is 11.3 Å². The first kappa shape index (κ1) is 16.7. The van der Waals surface area contributed by atoms with Crippen LogP contribution in [0.15, 0.2) is 60.0 Å². The van der Waals surface area contributed by atoms with E-state index >= 15 is 0 Å². The molecule has 0 amide bonds. The van der Waals surface area contributed by atoms with E-state index < -0.39 is 11.3 Å². The summed E-state index contributed by atoms with van der Waals surface area (Å²) in [6, 6.07) is 17.0. The molecule has 0 saturated carbocycles. The lowest BCUT2D eigenvalue weighted by Gasteiger charge is -2.26. The molecule has 0 saturated heterocycles. The van der Waals surface area contributed by atoms with Gasteiger partial charge < -0.3 is 9.29 Å². The number of hydrogen-bond acceptors (Lipinski definition) is 4. The first-order valence-corrected chi connectivity index (χ1v) is 9.19. The number of ether oxygens (including phenoxy) is 1. The Morgan fingerprint density at radius 1 is 1.12 bits per heavy atom. The van der Waals surface area contributed by atoms with Crippen LogP contribution in [0.5, 0.6) is 5.75 Å². The quantitative estimate of drug-likeness (QED) is 0.623. The zero-order chi connectivity index (χ0) is 17.1. The van der Waals surface area contributed by atoms with Crippen molar-refractivity contribution in [3.8, 4) is 16.2 Å². The Morgan fingerprint density at radius 2 is 1.92 bits per heavy atom. The molecule has 1 atom stereocenters. The smallest absolute Gasteiger partial charge is 0.119 e. The molecule has 2 aromatic carbocycles. The molecule has 3 rings (SSSR count). The molecule has 3 aromatic rings. The van der Waals surface area contributed by atoms with Crippen molar-refractivity contribution in [2.75, 3.05) is 11.4 Å². The maximum atomic E-state index is 11.8. The molecule has 0 aliphatic heterocycles. The maximum absolute atomic E-state index is 11.8. The highest BCUT2D eigenvalue weighted by atomic mass is 32.2. The van der Waals surface area contributed by atoms with Gasteiger partial charge in [-0.3, -0.25) is 8.51 Å². The summed E-state index contributed by atoms with van der Waals surface area (Å²) in [6.45, 7) is 1.89. The Morgan fingerprint density at radius 3 is 2.62 bits per heavy atom. The van der Waals surface area contributed by atoms with Gasteiger partial charge in [0.05, 0.1) is 29.8 Å². The van der Waals surface area contributed by atoms with E-state index in [1.807, 2.05) is 60.8 Å². The van der Waals surface area contributed by atoms with Crippen LogP contribution in [0.4, 0.5) is 11.4 Å². The SMILES string of the molecule is COc1cccc(-c2cc(N(c3ccccc3C)S(=O)[O-])cs2)c1. The van der Waals surface area contributed by atoms with Gasteiger partial charge >= 0.3 is 0 Å². The molecule has 24 heavy (non-hydrogen) atoms. The van der Waals surface area contributed by atoms with Crippen LogP contribution < -0.4 is 9.04 Å². The number of para-hydroxylation sites is 1. The van der Waals surface area contributed by atoms with Gasteiger partial charge in [-0.25, -0.2) is 0 Å². The molecule has 0 radical (unpaired) electrons. The van der Waals surface area contributed by atoms with Gasteiger partial charge in [0.2, 0.25) is 0 Å². The third-order valence-electron chi connectivity index (χ3n) is 3.66. The largest absolute Gasteiger partial charge is 0.755 e. The molecule has 0 fully saturated rings. The van der Waals surface area contributed by atoms with E-state index in [9.17, 15) is 8.76 Å². The van der Waals surface area contributed by atoms with Crippen LogP contribution in [0.2, 0.25) is 0 Å². The van der Waals surface area contributed by atoms with Crippen molar-refractivity contribution in [3.63, 3.8) is 0 Å². The third-order valence-corrected chi connectivity index (χ3v) is 5.33. The van der Waals surface area contributed by atoms with Crippen molar-refractivity contribution < 1.29 is 13.5 Å². The molecule has 1 heterocycles. The zero-order valence-electron chi connectivity index (χ0n) is 13.3. The van der Waals surface area contributed by atoms with E-state index in [2.05, 4.69) is 0 Å². The van der Waals surface area contributed by atoms with E-state index in [4.69, 9.17) is 4.74 Å². The highest BCUT2D eigenvalue weighted by molar-refractivity contribution is 7.81. The summed E-state index contributed by atoms with van der Waals surface area (Å²) in [4.78, 5) is 0.980. The fourth-order valence-electron chi connectivity index (χ4n) is 2.46. The molecule has 124 valence electrons. The van der Waals surface area contributed by atoms with Crippen LogP contribution in [-0.4, -0.2) is 15.9 Å². The van der Waals surface area contributed by atoms with E-state index in [0.29, 0.717) is 11.4 Å². The molecule has 1 unspecified atom stereocenters. The van der Waals surface area contributed by atoms with Gasteiger partial charge in [-0.05, 0) is 42.3 Å². The Hall–Kier alpha value is -2.15. The topological polar surface area (TPSA) is 52.6 Å². The predicted molar refractivity (Wildman–Crippen MR) is 98.5 cm³/mol. The molecular formula is C18H16NO3S2-. The van der Waals surface area contributed by atoms with E-state index in [1.54, 1.807) is 13.2 Å². The van der Waals surface area contributed by atoms with Crippen LogP contribution in [-0.2, 0) is 11.3 Å². The first-order chi connectivity index (χ1) is 11.6. The monoisotopic (exact) mass is 358 g/mol. The normalized spacial score (nSPS) is 12.0. The van der Waals surface area contributed by atoms with Crippen LogP contribution >= 0.6 is 11.3 Å². The van der Waals surface area contributed by atoms with Gasteiger partial charge in [-0.1, -0.05) is 30.3 Å². The summed E-state index contributed by atoms with van der Waals surface area (Å²) in [7, 11) is 1.62. The molecule has 0 spiro atoms. The van der Waals surface area contributed by atoms with Crippen molar-refractivity contribution in [3.05, 3.63) is 65.5 Å². The van der Waals surface area contributed by atoms with Crippen LogP contribution in [0, 0.1) is 6.92 Å². The van der Waals surface area contributed by atoms with Gasteiger partial charge in [0.1, 0.15) is 5.75 Å². The van der Waals surface area contributed by atoms with E-state index in [0.717, 1.165) is 21.8 Å². The second-order valence-corrected chi connectivity index (χ2v) is 6.91. The minimum absolute atomic E-state index is 0.625. The number of nitrogens with zero attached hydrogens (tertiary/aromatic N) is 1. The summed E-state index contributed by atoms with van der Waals surface area (Å²) < 4.78 is 30.2. The van der Waals surface area contributed by atoms with Crippen molar-refractivity contribution in [2.45, 2.75) is 6.92 Å². The summed E-state index contributed by atoms with van der Waals surface area (Å²) in [5.41, 5.74) is 3.17. The van der Waals surface area contributed by atoms with Crippen LogP contribution in [0.25, 0.3) is 10.4 Å². The van der Waals surface area contributed by atoms with Crippen molar-refractivity contribution in [2.24, 2.45) is 0 Å². The lowest BCUT2D eigenvalue weighted by atomic mass is 10.1. The van der Waals surface area contributed by atoms with Crippen molar-refractivity contribution >= 4 is 34.0 Å². The molecule has 0 aliphatic carbocycles. The Balaban J connectivity index is 2.01. The lowest BCUT2D eigenvalue weighted by Crippen LogP contribution is -2.19. The highest BCUT2D eigenvalue weighted by Gasteiger charge is 2.15. The number of methoxy groups -OCH3 is 1. The fourth-order valence-corrected chi connectivity index (χ4v) is 4.04. The Kier molecular flexibility index (Phi) is 4.99. The average Bonchev–Trinajstić information content (AvgIpc) is 3.06. The summed E-state index contributed by atoms with van der Waals surface area (Å²) in [5.74, 6) is 0.769. The average molecular weight is 358 g/mol. The summed E-state index contributed by atoms with van der Waals surface area (Å²) in [6.07, 6.45) is 0. The molecular weight excluding hydrogens is 342 g/mol. The van der Waals surface area contributed by atoms with Gasteiger partial charge in [0.15, 0.2) is 0 Å². The maximum Gasteiger partial charge on any atom is 0.119 e. The summed E-state index contributed by atoms with van der Waals surface area (Å²) in [5, 5.41) is 1.84.